The lowest BCUT2D eigenvalue weighted by atomic mass is 10.1. The van der Waals surface area contributed by atoms with Gasteiger partial charge in [-0.2, -0.15) is 0 Å². The molecule has 1 amide bonds. The number of nitrogens with one attached hydrogen (secondary N) is 1. The number of aryl methyl sites for hydroxylation is 2. The Balaban J connectivity index is 1.66. The SMILES string of the molecule is Cc1cc(NC(=O)C(C)Sc2nnc(-c3ccccc3C)o2)no1. The summed E-state index contributed by atoms with van der Waals surface area (Å²) in [5, 5.41) is 14.4. The van der Waals surface area contributed by atoms with Crippen LogP contribution in [0.4, 0.5) is 5.82 Å². The molecule has 3 aromatic rings. The summed E-state index contributed by atoms with van der Waals surface area (Å²) in [5.74, 6) is 1.24. The number of carbonyl (C=O) groups excluding carboxylic acids is 1. The van der Waals surface area contributed by atoms with E-state index in [-0.39, 0.29) is 5.91 Å². The summed E-state index contributed by atoms with van der Waals surface area (Å²) in [6, 6.07) is 9.40. The summed E-state index contributed by atoms with van der Waals surface area (Å²) in [6.07, 6.45) is 0. The average Bonchev–Trinajstić information content (AvgIpc) is 3.17. The molecule has 0 aliphatic carbocycles. The minimum absolute atomic E-state index is 0.219. The van der Waals surface area contributed by atoms with Crippen molar-refractivity contribution < 1.29 is 13.7 Å². The second-order valence-corrected chi connectivity index (χ2v) is 6.55. The summed E-state index contributed by atoms with van der Waals surface area (Å²) in [5.41, 5.74) is 1.93. The molecule has 1 atom stereocenters. The number of hydrogen-bond donors (Lipinski definition) is 1. The fourth-order valence-electron chi connectivity index (χ4n) is 2.04. The van der Waals surface area contributed by atoms with Crippen LogP contribution in [0.1, 0.15) is 18.2 Å². The molecular weight excluding hydrogens is 328 g/mol. The fraction of sp³-hybridized carbons (Fsp3) is 0.250. The first kappa shape index (κ1) is 16.3. The van der Waals surface area contributed by atoms with E-state index in [0.29, 0.717) is 22.7 Å². The molecule has 7 nitrogen and oxygen atoms in total. The molecule has 1 unspecified atom stereocenters. The van der Waals surface area contributed by atoms with Gasteiger partial charge in [-0.1, -0.05) is 35.1 Å². The van der Waals surface area contributed by atoms with Gasteiger partial charge in [0.1, 0.15) is 5.76 Å². The number of carbonyl (C=O) groups is 1. The van der Waals surface area contributed by atoms with E-state index in [2.05, 4.69) is 20.7 Å². The van der Waals surface area contributed by atoms with E-state index < -0.39 is 5.25 Å². The van der Waals surface area contributed by atoms with E-state index in [4.69, 9.17) is 8.94 Å². The smallest absolute Gasteiger partial charge is 0.277 e. The van der Waals surface area contributed by atoms with E-state index in [1.165, 1.54) is 11.8 Å². The van der Waals surface area contributed by atoms with Crippen LogP contribution in [0.2, 0.25) is 0 Å². The molecule has 0 bridgehead atoms. The predicted molar refractivity (Wildman–Crippen MR) is 89.7 cm³/mol. The number of anilines is 1. The van der Waals surface area contributed by atoms with Crippen molar-refractivity contribution in [3.8, 4) is 11.5 Å². The molecule has 1 aromatic carbocycles. The fourth-order valence-corrected chi connectivity index (χ4v) is 2.72. The second kappa shape index (κ2) is 6.88. The molecule has 0 spiro atoms. The highest BCUT2D eigenvalue weighted by Crippen LogP contribution is 2.28. The van der Waals surface area contributed by atoms with Crippen LogP contribution in [-0.2, 0) is 4.79 Å². The van der Waals surface area contributed by atoms with Crippen molar-refractivity contribution in [2.75, 3.05) is 5.32 Å². The maximum Gasteiger partial charge on any atom is 0.277 e. The zero-order valence-corrected chi connectivity index (χ0v) is 14.3. The Morgan fingerprint density at radius 1 is 1.25 bits per heavy atom. The van der Waals surface area contributed by atoms with E-state index in [9.17, 15) is 4.79 Å². The van der Waals surface area contributed by atoms with Gasteiger partial charge in [0.15, 0.2) is 5.82 Å². The number of nitrogens with zero attached hydrogens (tertiary/aromatic N) is 3. The zero-order valence-electron chi connectivity index (χ0n) is 13.4. The number of thioether (sulfide) groups is 1. The van der Waals surface area contributed by atoms with Crippen molar-refractivity contribution in [3.63, 3.8) is 0 Å². The second-order valence-electron chi connectivity index (χ2n) is 5.26. The minimum atomic E-state index is -0.424. The monoisotopic (exact) mass is 344 g/mol. The van der Waals surface area contributed by atoms with Crippen LogP contribution in [0, 0.1) is 13.8 Å². The third-order valence-electron chi connectivity index (χ3n) is 3.31. The van der Waals surface area contributed by atoms with Crippen LogP contribution >= 0.6 is 11.8 Å². The molecule has 0 saturated heterocycles. The van der Waals surface area contributed by atoms with E-state index in [1.54, 1.807) is 19.9 Å². The third kappa shape index (κ3) is 3.65. The number of aromatic nitrogens is 3. The van der Waals surface area contributed by atoms with Gasteiger partial charge in [-0.25, -0.2) is 0 Å². The number of hydrogen-bond acceptors (Lipinski definition) is 7. The van der Waals surface area contributed by atoms with Crippen LogP contribution in [0.25, 0.3) is 11.5 Å². The van der Waals surface area contributed by atoms with Crippen molar-refractivity contribution in [1.29, 1.82) is 0 Å². The van der Waals surface area contributed by atoms with Crippen molar-refractivity contribution >= 4 is 23.5 Å². The quantitative estimate of drug-likeness (QED) is 0.708. The lowest BCUT2D eigenvalue weighted by Crippen LogP contribution is -2.22. The van der Waals surface area contributed by atoms with Gasteiger partial charge < -0.3 is 14.3 Å². The van der Waals surface area contributed by atoms with Gasteiger partial charge in [0.25, 0.3) is 5.22 Å². The first-order valence-corrected chi connectivity index (χ1v) is 8.21. The Bertz CT molecular complexity index is 858. The van der Waals surface area contributed by atoms with Crippen molar-refractivity contribution in [3.05, 3.63) is 41.7 Å². The number of benzene rings is 1. The van der Waals surface area contributed by atoms with Crippen molar-refractivity contribution in [1.82, 2.24) is 15.4 Å². The molecule has 24 heavy (non-hydrogen) atoms. The Kier molecular flexibility index (Phi) is 4.66. The molecule has 2 heterocycles. The van der Waals surface area contributed by atoms with Crippen LogP contribution in [0.15, 0.2) is 44.5 Å². The highest BCUT2D eigenvalue weighted by molar-refractivity contribution is 8.00. The first-order valence-electron chi connectivity index (χ1n) is 7.33. The van der Waals surface area contributed by atoms with Crippen LogP contribution in [0.5, 0.6) is 0 Å². The molecule has 3 rings (SSSR count). The molecule has 124 valence electrons. The van der Waals surface area contributed by atoms with E-state index in [0.717, 1.165) is 11.1 Å². The van der Waals surface area contributed by atoms with Gasteiger partial charge >= 0.3 is 0 Å². The van der Waals surface area contributed by atoms with Gasteiger partial charge in [0.2, 0.25) is 11.8 Å². The van der Waals surface area contributed by atoms with Crippen molar-refractivity contribution in [2.24, 2.45) is 0 Å². The molecule has 0 saturated carbocycles. The average molecular weight is 344 g/mol. The normalized spacial score (nSPS) is 12.1. The summed E-state index contributed by atoms with van der Waals surface area (Å²) in [4.78, 5) is 12.2. The molecular formula is C16H16N4O3S. The van der Waals surface area contributed by atoms with Crippen LogP contribution < -0.4 is 5.32 Å². The summed E-state index contributed by atoms with van der Waals surface area (Å²) in [6.45, 7) is 5.49. The Labute approximate surface area is 142 Å². The Morgan fingerprint density at radius 3 is 2.75 bits per heavy atom. The lowest BCUT2D eigenvalue weighted by molar-refractivity contribution is -0.115. The minimum Gasteiger partial charge on any atom is -0.411 e. The summed E-state index contributed by atoms with van der Waals surface area (Å²) < 4.78 is 10.6. The molecule has 0 fully saturated rings. The molecule has 0 aliphatic rings. The van der Waals surface area contributed by atoms with Gasteiger partial charge in [0, 0.05) is 11.6 Å². The topological polar surface area (TPSA) is 94.1 Å². The van der Waals surface area contributed by atoms with Crippen LogP contribution in [-0.4, -0.2) is 26.5 Å². The standard InChI is InChI=1S/C16H16N4O3S/c1-9-6-4-5-7-12(9)15-18-19-16(22-15)24-11(3)14(21)17-13-8-10(2)23-20-13/h4-8,11H,1-3H3,(H,17,20,21). The maximum atomic E-state index is 12.2. The summed E-state index contributed by atoms with van der Waals surface area (Å²) >= 11 is 1.19. The largest absolute Gasteiger partial charge is 0.411 e. The van der Waals surface area contributed by atoms with Gasteiger partial charge in [-0.05, 0) is 32.4 Å². The van der Waals surface area contributed by atoms with Gasteiger partial charge in [0.05, 0.1) is 5.25 Å². The van der Waals surface area contributed by atoms with E-state index in [1.807, 2.05) is 31.2 Å². The summed E-state index contributed by atoms with van der Waals surface area (Å²) in [7, 11) is 0. The highest BCUT2D eigenvalue weighted by atomic mass is 32.2. The molecule has 8 heteroatoms. The predicted octanol–water partition coefficient (Wildman–Crippen LogP) is 3.46. The molecule has 0 aliphatic heterocycles. The third-order valence-corrected chi connectivity index (χ3v) is 4.24. The van der Waals surface area contributed by atoms with E-state index >= 15 is 0 Å². The zero-order chi connectivity index (χ0) is 17.1. The van der Waals surface area contributed by atoms with Crippen molar-refractivity contribution in [2.45, 2.75) is 31.2 Å². The molecule has 2 aromatic heterocycles. The Hall–Kier alpha value is -2.61. The van der Waals surface area contributed by atoms with Crippen LogP contribution in [0.3, 0.4) is 0 Å². The number of rotatable bonds is 5. The number of amides is 1. The highest BCUT2D eigenvalue weighted by Gasteiger charge is 2.20. The first-order chi connectivity index (χ1) is 11.5. The molecule has 0 radical (unpaired) electrons. The van der Waals surface area contributed by atoms with Gasteiger partial charge in [-0.3, -0.25) is 4.79 Å². The maximum absolute atomic E-state index is 12.2. The molecule has 1 N–H and O–H groups in total. The Morgan fingerprint density at radius 2 is 2.04 bits per heavy atom. The lowest BCUT2D eigenvalue weighted by Gasteiger charge is -2.07. The van der Waals surface area contributed by atoms with Gasteiger partial charge in [-0.15, -0.1) is 10.2 Å².